The fraction of sp³-hybridized carbons (Fsp3) is 0.345. The third-order valence-electron chi connectivity index (χ3n) is 7.29. The molecule has 3 aromatic rings. The fourth-order valence-electron chi connectivity index (χ4n) is 5.22. The zero-order valence-corrected chi connectivity index (χ0v) is 21.2. The Morgan fingerprint density at radius 1 is 0.842 bits per heavy atom. The minimum Gasteiger partial charge on any atom is -0.457 e. The van der Waals surface area contributed by atoms with E-state index in [4.69, 9.17) is 4.74 Å². The number of benzene rings is 2. The number of amides is 2. The van der Waals surface area contributed by atoms with Crippen molar-refractivity contribution in [1.82, 2.24) is 14.8 Å². The van der Waals surface area contributed by atoms with Crippen molar-refractivity contribution in [3.05, 3.63) is 88.7 Å². The lowest BCUT2D eigenvalue weighted by Gasteiger charge is -2.54. The van der Waals surface area contributed by atoms with Crippen molar-refractivity contribution in [2.45, 2.75) is 32.9 Å². The SMILES string of the molecule is Cc1cc(C)nc(C(=O)N2CCC3(CC2)CN(C(=O)c2ccc(Oc4ccc(C(F)(F)F)cc4)cc2)C3)c1. The summed E-state index contributed by atoms with van der Waals surface area (Å²) in [4.78, 5) is 34.0. The lowest BCUT2D eigenvalue weighted by Crippen LogP contribution is -2.62. The van der Waals surface area contributed by atoms with E-state index in [0.717, 1.165) is 36.2 Å². The van der Waals surface area contributed by atoms with E-state index in [9.17, 15) is 22.8 Å². The zero-order chi connectivity index (χ0) is 27.1. The third kappa shape index (κ3) is 5.37. The number of pyridine rings is 1. The molecule has 3 heterocycles. The molecule has 38 heavy (non-hydrogen) atoms. The molecule has 0 saturated carbocycles. The summed E-state index contributed by atoms with van der Waals surface area (Å²) in [5.74, 6) is 0.587. The molecule has 0 unspecified atom stereocenters. The van der Waals surface area contributed by atoms with Crippen molar-refractivity contribution in [2.24, 2.45) is 5.41 Å². The van der Waals surface area contributed by atoms with Crippen LogP contribution in [0.1, 0.15) is 50.5 Å². The third-order valence-corrected chi connectivity index (χ3v) is 7.29. The molecule has 2 aliphatic rings. The molecule has 2 fully saturated rings. The average Bonchev–Trinajstić information content (AvgIpc) is 2.86. The zero-order valence-electron chi connectivity index (χ0n) is 21.2. The standard InChI is InChI=1S/C29H28F3N3O3/c1-19-15-20(2)33-25(16-19)27(37)34-13-11-28(12-14-34)17-35(18-28)26(36)21-3-7-23(8-4-21)38-24-9-5-22(6-10-24)29(30,31)32/h3-10,15-16H,11-14,17-18H2,1-2H3. The van der Waals surface area contributed by atoms with Crippen LogP contribution < -0.4 is 4.74 Å². The number of halogens is 3. The maximum atomic E-state index is 13.0. The Kier molecular flexibility index (Phi) is 6.63. The van der Waals surface area contributed by atoms with E-state index in [1.54, 1.807) is 24.3 Å². The molecule has 9 heteroatoms. The van der Waals surface area contributed by atoms with Crippen LogP contribution >= 0.6 is 0 Å². The largest absolute Gasteiger partial charge is 0.457 e. The molecule has 0 aliphatic carbocycles. The molecule has 5 rings (SSSR count). The number of hydrogen-bond donors (Lipinski definition) is 0. The summed E-state index contributed by atoms with van der Waals surface area (Å²) in [7, 11) is 0. The van der Waals surface area contributed by atoms with Gasteiger partial charge in [-0.3, -0.25) is 9.59 Å². The van der Waals surface area contributed by atoms with Crippen LogP contribution in [0.15, 0.2) is 60.7 Å². The second-order valence-electron chi connectivity index (χ2n) is 10.3. The number of piperidine rings is 1. The summed E-state index contributed by atoms with van der Waals surface area (Å²) in [6.07, 6.45) is -2.72. The van der Waals surface area contributed by atoms with E-state index in [1.807, 2.05) is 35.8 Å². The Morgan fingerprint density at radius 2 is 1.42 bits per heavy atom. The van der Waals surface area contributed by atoms with E-state index in [0.29, 0.717) is 43.2 Å². The number of rotatable bonds is 4. The van der Waals surface area contributed by atoms with Gasteiger partial charge in [0.05, 0.1) is 5.56 Å². The van der Waals surface area contributed by atoms with Gasteiger partial charge in [-0.05, 0) is 92.9 Å². The number of ether oxygens (including phenoxy) is 1. The lowest BCUT2D eigenvalue weighted by molar-refractivity contribution is -0.137. The molecular weight excluding hydrogens is 495 g/mol. The molecular formula is C29H28F3N3O3. The smallest absolute Gasteiger partial charge is 0.416 e. The van der Waals surface area contributed by atoms with Crippen molar-refractivity contribution >= 4 is 11.8 Å². The fourth-order valence-corrected chi connectivity index (χ4v) is 5.22. The highest BCUT2D eigenvalue weighted by Gasteiger charge is 2.47. The number of carbonyl (C=O) groups is 2. The van der Waals surface area contributed by atoms with Gasteiger partial charge in [-0.1, -0.05) is 0 Å². The van der Waals surface area contributed by atoms with Gasteiger partial charge in [0.25, 0.3) is 11.8 Å². The lowest BCUT2D eigenvalue weighted by atomic mass is 9.71. The minimum absolute atomic E-state index is 0.0357. The van der Waals surface area contributed by atoms with Crippen LogP contribution in [0.5, 0.6) is 11.5 Å². The van der Waals surface area contributed by atoms with Crippen LogP contribution in [0.25, 0.3) is 0 Å². The van der Waals surface area contributed by atoms with E-state index in [-0.39, 0.29) is 23.0 Å². The molecule has 198 valence electrons. The van der Waals surface area contributed by atoms with Gasteiger partial charge < -0.3 is 14.5 Å². The Labute approximate surface area is 219 Å². The van der Waals surface area contributed by atoms with Crippen LogP contribution in [0.2, 0.25) is 0 Å². The van der Waals surface area contributed by atoms with Crippen molar-refractivity contribution < 1.29 is 27.5 Å². The molecule has 0 atom stereocenters. The van der Waals surface area contributed by atoms with Gasteiger partial charge in [-0.25, -0.2) is 4.98 Å². The predicted octanol–water partition coefficient (Wildman–Crippen LogP) is 5.89. The molecule has 1 aromatic heterocycles. The summed E-state index contributed by atoms with van der Waals surface area (Å²) in [6.45, 7) is 6.43. The van der Waals surface area contributed by atoms with Crippen LogP contribution in [-0.2, 0) is 6.18 Å². The molecule has 0 radical (unpaired) electrons. The van der Waals surface area contributed by atoms with Gasteiger partial charge >= 0.3 is 6.18 Å². The van der Waals surface area contributed by atoms with E-state index < -0.39 is 11.7 Å². The van der Waals surface area contributed by atoms with Crippen LogP contribution in [-0.4, -0.2) is 52.8 Å². The summed E-state index contributed by atoms with van der Waals surface area (Å²) < 4.78 is 43.8. The van der Waals surface area contributed by atoms with Crippen molar-refractivity contribution in [3.8, 4) is 11.5 Å². The highest BCUT2D eigenvalue weighted by atomic mass is 19.4. The summed E-state index contributed by atoms with van der Waals surface area (Å²) >= 11 is 0. The molecule has 2 aliphatic heterocycles. The Morgan fingerprint density at radius 3 is 1.97 bits per heavy atom. The van der Waals surface area contributed by atoms with Crippen molar-refractivity contribution in [1.29, 1.82) is 0 Å². The molecule has 1 spiro atoms. The average molecular weight is 524 g/mol. The van der Waals surface area contributed by atoms with Crippen molar-refractivity contribution in [2.75, 3.05) is 26.2 Å². The molecule has 2 aromatic carbocycles. The Balaban J connectivity index is 1.13. The van der Waals surface area contributed by atoms with Gasteiger partial charge in [0.15, 0.2) is 0 Å². The summed E-state index contributed by atoms with van der Waals surface area (Å²) in [5, 5.41) is 0. The van der Waals surface area contributed by atoms with Gasteiger partial charge in [-0.15, -0.1) is 0 Å². The van der Waals surface area contributed by atoms with Gasteiger partial charge in [0.2, 0.25) is 0 Å². The van der Waals surface area contributed by atoms with Crippen LogP contribution in [0.4, 0.5) is 13.2 Å². The number of aromatic nitrogens is 1. The monoisotopic (exact) mass is 523 g/mol. The van der Waals surface area contributed by atoms with Crippen LogP contribution in [0, 0.1) is 19.3 Å². The first-order valence-electron chi connectivity index (χ1n) is 12.5. The van der Waals surface area contributed by atoms with Gasteiger partial charge in [0, 0.05) is 42.9 Å². The van der Waals surface area contributed by atoms with Crippen molar-refractivity contribution in [3.63, 3.8) is 0 Å². The maximum absolute atomic E-state index is 13.0. The highest BCUT2D eigenvalue weighted by molar-refractivity contribution is 5.95. The number of alkyl halides is 3. The quantitative estimate of drug-likeness (QED) is 0.428. The number of likely N-dealkylation sites (tertiary alicyclic amines) is 2. The first kappa shape index (κ1) is 25.8. The maximum Gasteiger partial charge on any atom is 0.416 e. The molecule has 0 N–H and O–H groups in total. The number of aryl methyl sites for hydroxylation is 2. The van der Waals surface area contributed by atoms with Gasteiger partial charge in [-0.2, -0.15) is 13.2 Å². The molecule has 2 amide bonds. The molecule has 2 saturated heterocycles. The van der Waals surface area contributed by atoms with Gasteiger partial charge in [0.1, 0.15) is 17.2 Å². The first-order valence-corrected chi connectivity index (χ1v) is 12.5. The predicted molar refractivity (Wildman–Crippen MR) is 135 cm³/mol. The van der Waals surface area contributed by atoms with E-state index in [2.05, 4.69) is 4.98 Å². The van der Waals surface area contributed by atoms with E-state index >= 15 is 0 Å². The number of carbonyl (C=O) groups excluding carboxylic acids is 2. The number of nitrogens with zero attached hydrogens (tertiary/aromatic N) is 3. The Bertz CT molecular complexity index is 1320. The summed E-state index contributed by atoms with van der Waals surface area (Å²) in [5.41, 5.74) is 2.14. The topological polar surface area (TPSA) is 62.7 Å². The van der Waals surface area contributed by atoms with Crippen LogP contribution in [0.3, 0.4) is 0 Å². The Hall–Kier alpha value is -3.88. The van der Waals surface area contributed by atoms with E-state index in [1.165, 1.54) is 12.1 Å². The first-order chi connectivity index (χ1) is 18.0. The molecule has 6 nitrogen and oxygen atoms in total. The summed E-state index contributed by atoms with van der Waals surface area (Å²) in [6, 6.07) is 14.8. The second kappa shape index (κ2) is 9.78. The number of hydrogen-bond acceptors (Lipinski definition) is 4. The second-order valence-corrected chi connectivity index (χ2v) is 10.3. The minimum atomic E-state index is -4.40. The highest BCUT2D eigenvalue weighted by Crippen LogP contribution is 2.41. The molecule has 0 bridgehead atoms. The normalized spacial score (nSPS) is 16.8.